The number of hydrogen-bond donors (Lipinski definition) is 8. The highest BCUT2D eigenvalue weighted by Gasteiger charge is 2.31. The normalized spacial score (nSPS) is 14.3. The molecule has 0 aliphatic heterocycles. The molecule has 0 rings (SSSR count). The Balaban J connectivity index is 5.51. The van der Waals surface area contributed by atoms with Crippen LogP contribution in [0.4, 0.5) is 0 Å². The third kappa shape index (κ3) is 11.1. The molecule has 15 nitrogen and oxygen atoms in total. The minimum atomic E-state index is -1.85. The summed E-state index contributed by atoms with van der Waals surface area (Å²) >= 11 is 0. The molecule has 0 radical (unpaired) electrons. The second-order valence-electron chi connectivity index (χ2n) is 6.58. The molecule has 0 aliphatic carbocycles. The van der Waals surface area contributed by atoms with Crippen LogP contribution < -0.4 is 33.2 Å². The third-order valence-electron chi connectivity index (χ3n) is 3.76. The summed E-state index contributed by atoms with van der Waals surface area (Å²) in [6.07, 6.45) is -2.31. The molecule has 11 N–H and O–H groups in total. The van der Waals surface area contributed by atoms with E-state index in [2.05, 4.69) is 10.6 Å². The van der Waals surface area contributed by atoms with Gasteiger partial charge in [-0.05, 0) is 13.3 Å². The minimum Gasteiger partial charge on any atom is -0.481 e. The molecular weight excluding hydrogens is 420 g/mol. The molecule has 0 bridgehead atoms. The van der Waals surface area contributed by atoms with Crippen molar-refractivity contribution in [3.8, 4) is 0 Å². The smallest absolute Gasteiger partial charge is 0.326 e. The van der Waals surface area contributed by atoms with Crippen molar-refractivity contribution in [1.82, 2.24) is 16.0 Å². The van der Waals surface area contributed by atoms with Crippen molar-refractivity contribution in [3.63, 3.8) is 0 Å². The largest absolute Gasteiger partial charge is 0.481 e. The summed E-state index contributed by atoms with van der Waals surface area (Å²) in [6, 6.07) is -5.92. The van der Waals surface area contributed by atoms with Gasteiger partial charge in [0.15, 0.2) is 0 Å². The van der Waals surface area contributed by atoms with E-state index in [1.807, 2.05) is 5.32 Å². The van der Waals surface area contributed by atoms with Crippen LogP contribution in [0.25, 0.3) is 0 Å². The maximum atomic E-state index is 12.5. The van der Waals surface area contributed by atoms with Crippen LogP contribution in [0.1, 0.15) is 32.6 Å². The standard InChI is InChI=1S/C16H26N6O9/c1-6(17)13(27)20-7(2-3-10(18)23)14(28)21-8(4-11(19)24)15(29)22-9(16(30)31)5-12(25)26/h6-9H,2-5,17H2,1H3,(H2,18,23)(H2,19,24)(H,20,27)(H,21,28)(H,22,29)(H,25,26)(H,30,31). The number of carbonyl (C=O) groups excluding carboxylic acids is 5. The van der Waals surface area contributed by atoms with E-state index in [0.29, 0.717) is 0 Å². The minimum absolute atomic E-state index is 0.263. The van der Waals surface area contributed by atoms with Gasteiger partial charge >= 0.3 is 11.9 Å². The van der Waals surface area contributed by atoms with Gasteiger partial charge < -0.3 is 43.4 Å². The van der Waals surface area contributed by atoms with E-state index in [4.69, 9.17) is 27.4 Å². The molecule has 4 atom stereocenters. The zero-order chi connectivity index (χ0) is 24.3. The molecular formula is C16H26N6O9. The Labute approximate surface area is 176 Å². The van der Waals surface area contributed by atoms with Crippen molar-refractivity contribution in [2.24, 2.45) is 17.2 Å². The number of rotatable bonds is 14. The molecule has 15 heteroatoms. The van der Waals surface area contributed by atoms with Gasteiger partial charge in [-0.25, -0.2) is 4.79 Å². The molecule has 4 unspecified atom stereocenters. The number of carboxylic acids is 2. The molecule has 0 heterocycles. The van der Waals surface area contributed by atoms with Gasteiger partial charge in [0.05, 0.1) is 18.9 Å². The molecule has 0 aromatic rings. The van der Waals surface area contributed by atoms with Crippen LogP contribution >= 0.6 is 0 Å². The Morgan fingerprint density at radius 3 is 1.65 bits per heavy atom. The fourth-order valence-electron chi connectivity index (χ4n) is 2.19. The van der Waals surface area contributed by atoms with Gasteiger partial charge in [0.25, 0.3) is 0 Å². The summed E-state index contributed by atoms with van der Waals surface area (Å²) in [5.41, 5.74) is 15.5. The lowest BCUT2D eigenvalue weighted by molar-refractivity contribution is -0.147. The van der Waals surface area contributed by atoms with Gasteiger partial charge in [0.1, 0.15) is 18.1 Å². The number of nitrogens with two attached hydrogens (primary N) is 3. The van der Waals surface area contributed by atoms with E-state index in [-0.39, 0.29) is 12.8 Å². The number of carboxylic acid groups (broad SMARTS) is 2. The van der Waals surface area contributed by atoms with Crippen molar-refractivity contribution in [2.75, 3.05) is 0 Å². The predicted molar refractivity (Wildman–Crippen MR) is 102 cm³/mol. The summed E-state index contributed by atoms with van der Waals surface area (Å²) < 4.78 is 0. The van der Waals surface area contributed by atoms with Crippen LogP contribution in [0.15, 0.2) is 0 Å². The summed E-state index contributed by atoms with van der Waals surface area (Å²) in [5.74, 6) is -7.98. The fraction of sp³-hybridized carbons (Fsp3) is 0.562. The Morgan fingerprint density at radius 1 is 0.742 bits per heavy atom. The van der Waals surface area contributed by atoms with Crippen LogP contribution in [-0.2, 0) is 33.6 Å². The van der Waals surface area contributed by atoms with Gasteiger partial charge in [0, 0.05) is 6.42 Å². The topological polar surface area (TPSA) is 274 Å². The zero-order valence-electron chi connectivity index (χ0n) is 16.6. The monoisotopic (exact) mass is 446 g/mol. The predicted octanol–water partition coefficient (Wildman–Crippen LogP) is -4.51. The van der Waals surface area contributed by atoms with Crippen LogP contribution in [0, 0.1) is 0 Å². The van der Waals surface area contributed by atoms with E-state index in [1.165, 1.54) is 6.92 Å². The average molecular weight is 446 g/mol. The lowest BCUT2D eigenvalue weighted by Crippen LogP contribution is -2.57. The Hall–Kier alpha value is -3.75. The molecule has 0 aliphatic rings. The van der Waals surface area contributed by atoms with Crippen molar-refractivity contribution < 1.29 is 43.8 Å². The summed E-state index contributed by atoms with van der Waals surface area (Å²) in [7, 11) is 0. The number of hydrogen-bond acceptors (Lipinski definition) is 8. The van der Waals surface area contributed by atoms with Crippen LogP contribution in [0.5, 0.6) is 0 Å². The zero-order valence-corrected chi connectivity index (χ0v) is 16.6. The van der Waals surface area contributed by atoms with E-state index < -0.39 is 78.5 Å². The molecule has 31 heavy (non-hydrogen) atoms. The number of nitrogens with one attached hydrogen (secondary N) is 3. The fourth-order valence-corrected chi connectivity index (χ4v) is 2.19. The molecule has 0 spiro atoms. The summed E-state index contributed by atoms with van der Waals surface area (Å²) in [5, 5.41) is 24.0. The number of carbonyl (C=O) groups is 7. The Kier molecular flexibility index (Phi) is 11.2. The van der Waals surface area contributed by atoms with Gasteiger partial charge in [-0.1, -0.05) is 0 Å². The summed E-state index contributed by atoms with van der Waals surface area (Å²) in [6.45, 7) is 1.33. The molecule has 5 amide bonds. The SMILES string of the molecule is CC(N)C(=O)NC(CCC(N)=O)C(=O)NC(CC(N)=O)C(=O)NC(CC(=O)O)C(=O)O. The maximum absolute atomic E-state index is 12.5. The third-order valence-corrected chi connectivity index (χ3v) is 3.76. The first-order chi connectivity index (χ1) is 14.2. The van der Waals surface area contributed by atoms with Crippen molar-refractivity contribution in [1.29, 1.82) is 0 Å². The Morgan fingerprint density at radius 2 is 1.23 bits per heavy atom. The van der Waals surface area contributed by atoms with Gasteiger partial charge in [-0.15, -0.1) is 0 Å². The van der Waals surface area contributed by atoms with E-state index in [1.54, 1.807) is 0 Å². The van der Waals surface area contributed by atoms with Crippen LogP contribution in [0.3, 0.4) is 0 Å². The first kappa shape index (κ1) is 27.2. The first-order valence-electron chi connectivity index (χ1n) is 8.92. The lowest BCUT2D eigenvalue weighted by Gasteiger charge is -2.24. The number of aliphatic carboxylic acids is 2. The van der Waals surface area contributed by atoms with Crippen molar-refractivity contribution >= 4 is 41.5 Å². The maximum Gasteiger partial charge on any atom is 0.326 e. The second kappa shape index (κ2) is 12.7. The molecule has 0 saturated carbocycles. The molecule has 0 aromatic carbocycles. The van der Waals surface area contributed by atoms with Gasteiger partial charge in [-0.3, -0.25) is 28.8 Å². The highest BCUT2D eigenvalue weighted by molar-refractivity contribution is 5.96. The first-order valence-corrected chi connectivity index (χ1v) is 8.92. The van der Waals surface area contributed by atoms with Gasteiger partial charge in [0.2, 0.25) is 29.5 Å². The van der Waals surface area contributed by atoms with E-state index in [9.17, 15) is 33.6 Å². The Bertz CT molecular complexity index is 739. The quantitative estimate of drug-likeness (QED) is 0.126. The lowest BCUT2D eigenvalue weighted by atomic mass is 10.1. The molecule has 0 saturated heterocycles. The summed E-state index contributed by atoms with van der Waals surface area (Å²) in [4.78, 5) is 80.9. The van der Waals surface area contributed by atoms with E-state index >= 15 is 0 Å². The number of primary amides is 2. The van der Waals surface area contributed by atoms with Crippen LogP contribution in [-0.4, -0.2) is 75.9 Å². The highest BCUT2D eigenvalue weighted by Crippen LogP contribution is 2.03. The van der Waals surface area contributed by atoms with Gasteiger partial charge in [-0.2, -0.15) is 0 Å². The molecule has 0 fully saturated rings. The molecule has 174 valence electrons. The van der Waals surface area contributed by atoms with Crippen molar-refractivity contribution in [2.45, 2.75) is 56.8 Å². The average Bonchev–Trinajstić information content (AvgIpc) is 2.62. The second-order valence-corrected chi connectivity index (χ2v) is 6.58. The highest BCUT2D eigenvalue weighted by atomic mass is 16.4. The van der Waals surface area contributed by atoms with Crippen LogP contribution in [0.2, 0.25) is 0 Å². The van der Waals surface area contributed by atoms with E-state index in [0.717, 1.165) is 0 Å². The molecule has 0 aromatic heterocycles. The number of amides is 5. The van der Waals surface area contributed by atoms with Crippen molar-refractivity contribution in [3.05, 3.63) is 0 Å².